The number of nitrogens with one attached hydrogen (secondary N) is 1. The van der Waals surface area contributed by atoms with Crippen molar-refractivity contribution in [1.29, 1.82) is 0 Å². The van der Waals surface area contributed by atoms with Crippen LogP contribution in [0, 0.1) is 5.82 Å². The van der Waals surface area contributed by atoms with Crippen LogP contribution < -0.4 is 10.9 Å². The predicted molar refractivity (Wildman–Crippen MR) is 123 cm³/mol. The minimum absolute atomic E-state index is 0.256. The third-order valence-corrected chi connectivity index (χ3v) is 6.89. The number of benzene rings is 3. The maximum absolute atomic E-state index is 13.0. The van der Waals surface area contributed by atoms with E-state index >= 15 is 0 Å². The van der Waals surface area contributed by atoms with Crippen LogP contribution in [0.4, 0.5) is 9.52 Å². The van der Waals surface area contributed by atoms with Crippen LogP contribution in [0.5, 0.6) is 0 Å². The van der Waals surface area contributed by atoms with Crippen LogP contribution in [0.1, 0.15) is 11.1 Å². The lowest BCUT2D eigenvalue weighted by atomic mass is 10.0. The van der Waals surface area contributed by atoms with Crippen LogP contribution >= 0.6 is 23.1 Å². The molecule has 2 heterocycles. The van der Waals surface area contributed by atoms with Gasteiger partial charge < -0.3 is 9.73 Å². The molecule has 8 heteroatoms. The smallest absolute Gasteiger partial charge is 0.336 e. The lowest BCUT2D eigenvalue weighted by molar-refractivity contribution is 0.560. The third-order valence-electron chi connectivity index (χ3n) is 4.83. The third kappa shape index (κ3) is 4.30. The molecular formula is C23H16FN3O2S2. The first-order valence-corrected chi connectivity index (χ1v) is 11.3. The van der Waals surface area contributed by atoms with Crippen LogP contribution in [0.2, 0.25) is 0 Å². The van der Waals surface area contributed by atoms with E-state index in [0.29, 0.717) is 23.0 Å². The molecule has 0 spiro atoms. The first-order chi connectivity index (χ1) is 15.2. The molecule has 154 valence electrons. The molecule has 2 aromatic heterocycles. The Kier molecular flexibility index (Phi) is 5.40. The van der Waals surface area contributed by atoms with Crippen molar-refractivity contribution in [3.05, 3.63) is 94.1 Å². The van der Waals surface area contributed by atoms with E-state index in [0.717, 1.165) is 31.6 Å². The summed E-state index contributed by atoms with van der Waals surface area (Å²) in [6.07, 6.45) is 0. The van der Waals surface area contributed by atoms with E-state index in [1.54, 1.807) is 18.2 Å². The highest BCUT2D eigenvalue weighted by Gasteiger charge is 2.12. The second-order valence-corrected chi connectivity index (χ2v) is 9.09. The van der Waals surface area contributed by atoms with Crippen LogP contribution in [0.15, 0.2) is 80.3 Å². The van der Waals surface area contributed by atoms with Crippen molar-refractivity contribution in [2.75, 3.05) is 5.32 Å². The largest absolute Gasteiger partial charge is 0.423 e. The van der Waals surface area contributed by atoms with Gasteiger partial charge in [-0.3, -0.25) is 0 Å². The quantitative estimate of drug-likeness (QED) is 0.200. The molecule has 0 atom stereocenters. The number of aromatic nitrogens is 2. The van der Waals surface area contributed by atoms with Gasteiger partial charge in [-0.1, -0.05) is 65.6 Å². The summed E-state index contributed by atoms with van der Waals surface area (Å²) in [6.45, 7) is 0.538. The summed E-state index contributed by atoms with van der Waals surface area (Å²) in [4.78, 5) is 12.1. The van der Waals surface area contributed by atoms with E-state index in [4.69, 9.17) is 4.42 Å². The standard InChI is InChI=1S/C23H16FN3O2S2/c24-17-8-5-14(6-9-17)12-25-22-26-27-23(31-22)30-13-16-11-20(28)29-19-10-7-15-3-1-2-4-18(15)21(16)19/h1-11H,12-13H2,(H,25,26). The highest BCUT2D eigenvalue weighted by molar-refractivity contribution is 8.00. The van der Waals surface area contributed by atoms with Gasteiger partial charge in [0, 0.05) is 23.8 Å². The minimum Gasteiger partial charge on any atom is -0.423 e. The molecule has 0 bridgehead atoms. The van der Waals surface area contributed by atoms with Crippen molar-refractivity contribution in [3.8, 4) is 0 Å². The van der Waals surface area contributed by atoms with Gasteiger partial charge in [-0.25, -0.2) is 9.18 Å². The SMILES string of the molecule is O=c1cc(CSc2nnc(NCc3ccc(F)cc3)s2)c2c(ccc3ccccc32)o1. The van der Waals surface area contributed by atoms with Gasteiger partial charge in [0.2, 0.25) is 5.13 Å². The second-order valence-electron chi connectivity index (χ2n) is 6.89. The van der Waals surface area contributed by atoms with Crippen molar-refractivity contribution >= 4 is 50.0 Å². The molecule has 1 N–H and O–H groups in total. The molecule has 0 aliphatic rings. The topological polar surface area (TPSA) is 68.0 Å². The second kappa shape index (κ2) is 8.49. The molecule has 0 aliphatic carbocycles. The van der Waals surface area contributed by atoms with E-state index in [-0.39, 0.29) is 11.4 Å². The predicted octanol–water partition coefficient (Wildman–Crippen LogP) is 5.84. The van der Waals surface area contributed by atoms with Crippen LogP contribution in [0.25, 0.3) is 21.7 Å². The number of thioether (sulfide) groups is 1. The molecule has 3 aromatic carbocycles. The molecular weight excluding hydrogens is 433 g/mol. The number of anilines is 1. The Morgan fingerprint density at radius 3 is 2.74 bits per heavy atom. The summed E-state index contributed by atoms with van der Waals surface area (Å²) in [5.41, 5.74) is 2.09. The van der Waals surface area contributed by atoms with E-state index in [1.807, 2.05) is 36.4 Å². The molecule has 0 saturated heterocycles. The molecule has 0 unspecified atom stereocenters. The normalized spacial score (nSPS) is 11.3. The molecule has 5 aromatic rings. The first-order valence-electron chi connectivity index (χ1n) is 9.55. The summed E-state index contributed by atoms with van der Waals surface area (Å²) in [6, 6.07) is 19.7. The van der Waals surface area contributed by atoms with Crippen LogP contribution in [-0.4, -0.2) is 10.2 Å². The lowest BCUT2D eigenvalue weighted by Gasteiger charge is -2.07. The van der Waals surface area contributed by atoms with Gasteiger partial charge in [-0.2, -0.15) is 0 Å². The summed E-state index contributed by atoms with van der Waals surface area (Å²) in [5, 5.41) is 15.4. The maximum atomic E-state index is 13.0. The highest BCUT2D eigenvalue weighted by atomic mass is 32.2. The summed E-state index contributed by atoms with van der Waals surface area (Å²) in [5.74, 6) is 0.316. The Morgan fingerprint density at radius 1 is 1.03 bits per heavy atom. The Hall–Kier alpha value is -3.23. The van der Waals surface area contributed by atoms with Crippen molar-refractivity contribution in [3.63, 3.8) is 0 Å². The molecule has 0 amide bonds. The van der Waals surface area contributed by atoms with Gasteiger partial charge in [0.05, 0.1) is 0 Å². The number of fused-ring (bicyclic) bond motifs is 3. The van der Waals surface area contributed by atoms with Gasteiger partial charge in [0.1, 0.15) is 11.4 Å². The Balaban J connectivity index is 1.35. The molecule has 0 saturated carbocycles. The van der Waals surface area contributed by atoms with E-state index in [1.165, 1.54) is 35.2 Å². The zero-order valence-corrected chi connectivity index (χ0v) is 17.8. The fourth-order valence-corrected chi connectivity index (χ4v) is 5.12. The average Bonchev–Trinajstić information content (AvgIpc) is 3.24. The summed E-state index contributed by atoms with van der Waals surface area (Å²) >= 11 is 2.97. The number of halogens is 1. The Bertz CT molecular complexity index is 1430. The van der Waals surface area contributed by atoms with Gasteiger partial charge in [-0.05, 0) is 40.1 Å². The Labute approximate surface area is 184 Å². The average molecular weight is 450 g/mol. The highest BCUT2D eigenvalue weighted by Crippen LogP contribution is 2.33. The number of rotatable bonds is 6. The van der Waals surface area contributed by atoms with E-state index in [2.05, 4.69) is 15.5 Å². The van der Waals surface area contributed by atoms with Crippen molar-refractivity contribution in [2.45, 2.75) is 16.6 Å². The van der Waals surface area contributed by atoms with Crippen molar-refractivity contribution in [2.24, 2.45) is 0 Å². The summed E-state index contributed by atoms with van der Waals surface area (Å²) < 4.78 is 19.2. The zero-order chi connectivity index (χ0) is 21.2. The number of nitrogens with zero attached hydrogens (tertiary/aromatic N) is 2. The van der Waals surface area contributed by atoms with Gasteiger partial charge in [0.15, 0.2) is 4.34 Å². The lowest BCUT2D eigenvalue weighted by Crippen LogP contribution is -2.00. The van der Waals surface area contributed by atoms with E-state index in [9.17, 15) is 9.18 Å². The first kappa shape index (κ1) is 19.7. The molecule has 0 aliphatic heterocycles. The maximum Gasteiger partial charge on any atom is 0.336 e. The Morgan fingerprint density at radius 2 is 1.87 bits per heavy atom. The monoisotopic (exact) mass is 449 g/mol. The van der Waals surface area contributed by atoms with Gasteiger partial charge >= 0.3 is 5.63 Å². The van der Waals surface area contributed by atoms with Gasteiger partial charge in [0.25, 0.3) is 0 Å². The fourth-order valence-electron chi connectivity index (χ4n) is 3.39. The zero-order valence-electron chi connectivity index (χ0n) is 16.2. The molecule has 5 nitrogen and oxygen atoms in total. The van der Waals surface area contributed by atoms with E-state index < -0.39 is 0 Å². The number of hydrogen-bond acceptors (Lipinski definition) is 7. The fraction of sp³-hybridized carbons (Fsp3) is 0.0870. The van der Waals surface area contributed by atoms with Gasteiger partial charge in [-0.15, -0.1) is 10.2 Å². The van der Waals surface area contributed by atoms with Crippen LogP contribution in [0.3, 0.4) is 0 Å². The molecule has 5 rings (SSSR count). The summed E-state index contributed by atoms with van der Waals surface area (Å²) in [7, 11) is 0. The van der Waals surface area contributed by atoms with Crippen molar-refractivity contribution < 1.29 is 8.81 Å². The molecule has 0 radical (unpaired) electrons. The van der Waals surface area contributed by atoms with Crippen molar-refractivity contribution in [1.82, 2.24) is 10.2 Å². The molecule has 31 heavy (non-hydrogen) atoms. The van der Waals surface area contributed by atoms with Crippen LogP contribution in [-0.2, 0) is 12.3 Å². The minimum atomic E-state index is -0.364. The molecule has 0 fully saturated rings. The number of hydrogen-bond donors (Lipinski definition) is 1.